The van der Waals surface area contributed by atoms with Gasteiger partial charge in [-0.3, -0.25) is 0 Å². The third kappa shape index (κ3) is 2.85. The van der Waals surface area contributed by atoms with E-state index >= 15 is 0 Å². The van der Waals surface area contributed by atoms with E-state index in [-0.39, 0.29) is 17.8 Å². The van der Waals surface area contributed by atoms with Crippen molar-refractivity contribution in [2.75, 3.05) is 0 Å². The van der Waals surface area contributed by atoms with Gasteiger partial charge in [-0.15, -0.1) is 0 Å². The molecule has 14 heavy (non-hydrogen) atoms. The van der Waals surface area contributed by atoms with Crippen molar-refractivity contribution in [2.45, 2.75) is 25.9 Å². The van der Waals surface area contributed by atoms with Crippen LogP contribution in [0.3, 0.4) is 0 Å². The van der Waals surface area contributed by atoms with Crippen LogP contribution in [-0.2, 0) is 4.79 Å². The summed E-state index contributed by atoms with van der Waals surface area (Å²) in [5, 5.41) is 12.2. The minimum atomic E-state index is -0.296. The Morgan fingerprint density at radius 3 is 2.29 bits per heavy atom. The summed E-state index contributed by atoms with van der Waals surface area (Å²) in [6, 6.07) is 6.59. The smallest absolute Gasteiger partial charge is 0.141 e. The van der Waals surface area contributed by atoms with E-state index in [0.29, 0.717) is 0 Å². The zero-order chi connectivity index (χ0) is 10.6. The van der Waals surface area contributed by atoms with Crippen LogP contribution in [0.15, 0.2) is 24.3 Å². The van der Waals surface area contributed by atoms with Crippen molar-refractivity contribution in [3.63, 3.8) is 0 Å². The molecular weight excluding hydrogens is 178 g/mol. The van der Waals surface area contributed by atoms with Crippen LogP contribution in [0.25, 0.3) is 0 Å². The van der Waals surface area contributed by atoms with Crippen LogP contribution < -0.4 is 5.32 Å². The Morgan fingerprint density at radius 2 is 1.86 bits per heavy atom. The molecule has 1 rings (SSSR count). The zero-order valence-corrected chi connectivity index (χ0v) is 8.40. The molecule has 2 N–H and O–H groups in total. The van der Waals surface area contributed by atoms with E-state index in [2.05, 4.69) is 5.32 Å². The van der Waals surface area contributed by atoms with Gasteiger partial charge in [0.1, 0.15) is 12.0 Å². The number of aldehydes is 1. The van der Waals surface area contributed by atoms with Gasteiger partial charge in [0.25, 0.3) is 0 Å². The van der Waals surface area contributed by atoms with Crippen LogP contribution in [0.1, 0.15) is 25.5 Å². The molecule has 0 aliphatic heterocycles. The number of rotatable bonds is 4. The van der Waals surface area contributed by atoms with E-state index < -0.39 is 0 Å². The fraction of sp³-hybridized carbons (Fsp3) is 0.364. The summed E-state index contributed by atoms with van der Waals surface area (Å²) in [6.07, 6.45) is 0.867. The standard InChI is InChI=1S/C11H15NO2/c1-8(2)12-11(7-13)9-3-5-10(14)6-4-9/h3-8,11-12,14H,1-2H3. The molecule has 0 fully saturated rings. The normalized spacial score (nSPS) is 12.8. The fourth-order valence-electron chi connectivity index (χ4n) is 1.25. The molecule has 0 aliphatic carbocycles. The molecule has 1 aromatic carbocycles. The number of hydrogen-bond donors (Lipinski definition) is 2. The van der Waals surface area contributed by atoms with E-state index in [1.165, 1.54) is 0 Å². The van der Waals surface area contributed by atoms with E-state index in [1.807, 2.05) is 13.8 Å². The lowest BCUT2D eigenvalue weighted by Crippen LogP contribution is -2.28. The van der Waals surface area contributed by atoms with E-state index in [4.69, 9.17) is 5.11 Å². The molecule has 0 radical (unpaired) electrons. The molecule has 3 nitrogen and oxygen atoms in total. The number of hydrogen-bond acceptors (Lipinski definition) is 3. The molecular formula is C11H15NO2. The number of nitrogens with one attached hydrogen (secondary N) is 1. The summed E-state index contributed by atoms with van der Waals surface area (Å²) in [4.78, 5) is 10.8. The Morgan fingerprint density at radius 1 is 1.29 bits per heavy atom. The number of phenols is 1. The maximum absolute atomic E-state index is 10.8. The van der Waals surface area contributed by atoms with Crippen molar-refractivity contribution in [3.8, 4) is 5.75 Å². The van der Waals surface area contributed by atoms with Crippen LogP contribution >= 0.6 is 0 Å². The first-order valence-electron chi connectivity index (χ1n) is 4.63. The highest BCUT2D eigenvalue weighted by Crippen LogP contribution is 2.15. The second-order valence-electron chi connectivity index (χ2n) is 3.53. The molecule has 0 saturated heterocycles. The molecule has 1 unspecified atom stereocenters. The highest BCUT2D eigenvalue weighted by Gasteiger charge is 2.10. The lowest BCUT2D eigenvalue weighted by atomic mass is 10.1. The predicted octanol–water partition coefficient (Wildman–Crippen LogP) is 1.63. The summed E-state index contributed by atoms with van der Waals surface area (Å²) in [5.74, 6) is 0.211. The Balaban J connectivity index is 2.78. The van der Waals surface area contributed by atoms with E-state index in [9.17, 15) is 4.79 Å². The van der Waals surface area contributed by atoms with E-state index in [1.54, 1.807) is 24.3 Å². The van der Waals surface area contributed by atoms with Crippen LogP contribution in [0.4, 0.5) is 0 Å². The zero-order valence-electron chi connectivity index (χ0n) is 8.40. The number of benzene rings is 1. The lowest BCUT2D eigenvalue weighted by Gasteiger charge is -2.15. The molecule has 76 valence electrons. The molecule has 0 amide bonds. The first-order chi connectivity index (χ1) is 6.63. The van der Waals surface area contributed by atoms with Crippen molar-refractivity contribution in [2.24, 2.45) is 0 Å². The van der Waals surface area contributed by atoms with Gasteiger partial charge in [0.15, 0.2) is 0 Å². The van der Waals surface area contributed by atoms with Crippen LogP contribution in [0.2, 0.25) is 0 Å². The SMILES string of the molecule is CC(C)NC(C=O)c1ccc(O)cc1. The number of aromatic hydroxyl groups is 1. The molecule has 0 bridgehead atoms. The van der Waals surface area contributed by atoms with E-state index in [0.717, 1.165) is 11.8 Å². The van der Waals surface area contributed by atoms with Crippen molar-refractivity contribution >= 4 is 6.29 Å². The average molecular weight is 193 g/mol. The topological polar surface area (TPSA) is 49.3 Å². The maximum Gasteiger partial charge on any atom is 0.141 e. The van der Waals surface area contributed by atoms with Gasteiger partial charge in [-0.05, 0) is 31.5 Å². The lowest BCUT2D eigenvalue weighted by molar-refractivity contribution is -0.109. The highest BCUT2D eigenvalue weighted by atomic mass is 16.3. The van der Waals surface area contributed by atoms with Gasteiger partial charge >= 0.3 is 0 Å². The summed E-state index contributed by atoms with van der Waals surface area (Å²) < 4.78 is 0. The Kier molecular flexibility index (Phi) is 3.65. The van der Waals surface area contributed by atoms with Crippen molar-refractivity contribution in [3.05, 3.63) is 29.8 Å². The summed E-state index contributed by atoms with van der Waals surface area (Å²) in [7, 11) is 0. The highest BCUT2D eigenvalue weighted by molar-refractivity contribution is 5.61. The molecule has 0 heterocycles. The van der Waals surface area contributed by atoms with Gasteiger partial charge < -0.3 is 15.2 Å². The minimum absolute atomic E-state index is 0.211. The van der Waals surface area contributed by atoms with Crippen LogP contribution in [0.5, 0.6) is 5.75 Å². The van der Waals surface area contributed by atoms with Crippen LogP contribution in [-0.4, -0.2) is 17.4 Å². The Bertz CT molecular complexity index is 293. The summed E-state index contributed by atoms with van der Waals surface area (Å²) in [6.45, 7) is 3.97. The molecule has 1 aromatic rings. The van der Waals surface area contributed by atoms with Gasteiger partial charge in [-0.25, -0.2) is 0 Å². The minimum Gasteiger partial charge on any atom is -0.508 e. The van der Waals surface area contributed by atoms with Gasteiger partial charge in [0.2, 0.25) is 0 Å². The molecule has 0 aromatic heterocycles. The average Bonchev–Trinajstić information content (AvgIpc) is 2.15. The monoisotopic (exact) mass is 193 g/mol. The number of carbonyl (C=O) groups is 1. The molecule has 0 saturated carbocycles. The largest absolute Gasteiger partial charge is 0.508 e. The maximum atomic E-state index is 10.8. The summed E-state index contributed by atoms with van der Waals surface area (Å²) in [5.41, 5.74) is 0.867. The van der Waals surface area contributed by atoms with Crippen molar-refractivity contribution in [1.82, 2.24) is 5.32 Å². The second-order valence-corrected chi connectivity index (χ2v) is 3.53. The predicted molar refractivity (Wildman–Crippen MR) is 55.2 cm³/mol. The molecule has 0 spiro atoms. The summed E-state index contributed by atoms with van der Waals surface area (Å²) >= 11 is 0. The van der Waals surface area contributed by atoms with Gasteiger partial charge in [0, 0.05) is 6.04 Å². The first-order valence-corrected chi connectivity index (χ1v) is 4.63. The third-order valence-corrected chi connectivity index (χ3v) is 1.90. The third-order valence-electron chi connectivity index (χ3n) is 1.90. The van der Waals surface area contributed by atoms with Crippen molar-refractivity contribution < 1.29 is 9.90 Å². The molecule has 3 heteroatoms. The van der Waals surface area contributed by atoms with Crippen molar-refractivity contribution in [1.29, 1.82) is 0 Å². The van der Waals surface area contributed by atoms with Gasteiger partial charge in [0.05, 0.1) is 6.04 Å². The molecule has 0 aliphatic rings. The molecule has 1 atom stereocenters. The fourth-order valence-corrected chi connectivity index (χ4v) is 1.25. The van der Waals surface area contributed by atoms with Crippen LogP contribution in [0, 0.1) is 0 Å². The first kappa shape index (κ1) is 10.7. The van der Waals surface area contributed by atoms with Gasteiger partial charge in [-0.2, -0.15) is 0 Å². The van der Waals surface area contributed by atoms with Gasteiger partial charge in [-0.1, -0.05) is 12.1 Å². The number of carbonyl (C=O) groups excluding carboxylic acids is 1. The Hall–Kier alpha value is -1.35. The quantitative estimate of drug-likeness (QED) is 0.714. The second kappa shape index (κ2) is 4.77. The Labute approximate surface area is 83.8 Å². The number of phenolic OH excluding ortho intramolecular Hbond substituents is 1.